The Labute approximate surface area is 104 Å². The maximum absolute atomic E-state index is 12.9. The van der Waals surface area contributed by atoms with Gasteiger partial charge >= 0.3 is 0 Å². The van der Waals surface area contributed by atoms with Crippen molar-refractivity contribution < 1.29 is 14.3 Å². The van der Waals surface area contributed by atoms with Gasteiger partial charge in [0.25, 0.3) is 5.91 Å². The van der Waals surface area contributed by atoms with Gasteiger partial charge in [0.15, 0.2) is 0 Å². The van der Waals surface area contributed by atoms with Crippen LogP contribution in [0.25, 0.3) is 0 Å². The highest BCUT2D eigenvalue weighted by molar-refractivity contribution is 6.06. The van der Waals surface area contributed by atoms with Gasteiger partial charge in [-0.25, -0.2) is 4.39 Å². The molecule has 2 N–H and O–H groups in total. The smallest absolute Gasteiger partial charge is 0.259 e. The number of carbonyl (C=O) groups is 1. The largest absolute Gasteiger partial charge is 0.507 e. The summed E-state index contributed by atoms with van der Waals surface area (Å²) in [4.78, 5) is 11.9. The van der Waals surface area contributed by atoms with Gasteiger partial charge in [-0.3, -0.25) is 4.79 Å². The number of anilines is 1. The summed E-state index contributed by atoms with van der Waals surface area (Å²) in [6, 6.07) is 10.3. The van der Waals surface area contributed by atoms with Gasteiger partial charge < -0.3 is 10.4 Å². The van der Waals surface area contributed by atoms with Crippen LogP contribution in [0.15, 0.2) is 42.5 Å². The van der Waals surface area contributed by atoms with Crippen LogP contribution in [0.2, 0.25) is 0 Å². The molecule has 0 aliphatic carbocycles. The molecule has 0 unspecified atom stereocenters. The first kappa shape index (κ1) is 12.1. The molecule has 0 aromatic heterocycles. The van der Waals surface area contributed by atoms with Crippen molar-refractivity contribution in [1.82, 2.24) is 0 Å². The molecule has 0 atom stereocenters. The van der Waals surface area contributed by atoms with Gasteiger partial charge in [0.2, 0.25) is 0 Å². The molecule has 1 amide bonds. The van der Waals surface area contributed by atoms with Crippen molar-refractivity contribution in [3.8, 4) is 5.75 Å². The van der Waals surface area contributed by atoms with Gasteiger partial charge in [-0.05, 0) is 42.8 Å². The average molecular weight is 245 g/mol. The first-order valence-corrected chi connectivity index (χ1v) is 5.43. The molecule has 0 bridgehead atoms. The number of hydrogen-bond donors (Lipinski definition) is 2. The van der Waals surface area contributed by atoms with Crippen LogP contribution in [-0.2, 0) is 0 Å². The number of amides is 1. The minimum atomic E-state index is -0.428. The number of para-hydroxylation sites is 1. The summed E-state index contributed by atoms with van der Waals surface area (Å²) in [5, 5.41) is 12.2. The molecular formula is C14H12FNO2. The lowest BCUT2D eigenvalue weighted by molar-refractivity contribution is 0.102. The first-order valence-electron chi connectivity index (χ1n) is 5.43. The summed E-state index contributed by atoms with van der Waals surface area (Å²) in [7, 11) is 0. The highest BCUT2D eigenvalue weighted by atomic mass is 19.1. The zero-order chi connectivity index (χ0) is 13.1. The molecule has 0 saturated carbocycles. The number of aromatic hydroxyl groups is 1. The maximum atomic E-state index is 12.9. The highest BCUT2D eigenvalue weighted by Crippen LogP contribution is 2.20. The van der Waals surface area contributed by atoms with E-state index >= 15 is 0 Å². The molecule has 0 aliphatic rings. The van der Waals surface area contributed by atoms with Crippen molar-refractivity contribution in [3.05, 3.63) is 59.4 Å². The highest BCUT2D eigenvalue weighted by Gasteiger charge is 2.11. The molecule has 0 saturated heterocycles. The topological polar surface area (TPSA) is 49.3 Å². The van der Waals surface area contributed by atoms with E-state index in [1.165, 1.54) is 30.3 Å². The van der Waals surface area contributed by atoms with E-state index in [1.54, 1.807) is 19.1 Å². The molecule has 0 radical (unpaired) electrons. The Morgan fingerprint density at radius 3 is 2.61 bits per heavy atom. The standard InChI is InChI=1S/C14H12FNO2/c1-9-8-10(15)6-7-12(9)16-14(18)11-4-2-3-5-13(11)17/h2-8,17H,1H3,(H,16,18). The molecule has 0 fully saturated rings. The number of benzene rings is 2. The van der Waals surface area contributed by atoms with Crippen molar-refractivity contribution in [1.29, 1.82) is 0 Å². The molecule has 92 valence electrons. The van der Waals surface area contributed by atoms with Gasteiger partial charge in [0.1, 0.15) is 11.6 Å². The number of rotatable bonds is 2. The fraction of sp³-hybridized carbons (Fsp3) is 0.0714. The molecule has 4 heteroatoms. The van der Waals surface area contributed by atoms with Crippen LogP contribution >= 0.6 is 0 Å². The molecule has 0 spiro atoms. The Morgan fingerprint density at radius 1 is 1.22 bits per heavy atom. The van der Waals surface area contributed by atoms with Crippen molar-refractivity contribution in [3.63, 3.8) is 0 Å². The molecule has 2 aromatic rings. The van der Waals surface area contributed by atoms with E-state index in [-0.39, 0.29) is 17.1 Å². The number of phenolic OH excluding ortho intramolecular Hbond substituents is 1. The van der Waals surface area contributed by atoms with E-state index in [9.17, 15) is 14.3 Å². The van der Waals surface area contributed by atoms with Crippen molar-refractivity contribution in [2.24, 2.45) is 0 Å². The fourth-order valence-corrected chi connectivity index (χ4v) is 1.62. The predicted molar refractivity (Wildman–Crippen MR) is 67.2 cm³/mol. The SMILES string of the molecule is Cc1cc(F)ccc1NC(=O)c1ccccc1O. The zero-order valence-electron chi connectivity index (χ0n) is 9.77. The normalized spacial score (nSPS) is 10.1. The number of nitrogens with one attached hydrogen (secondary N) is 1. The minimum absolute atomic E-state index is 0.0882. The molecule has 2 aromatic carbocycles. The van der Waals surface area contributed by atoms with Crippen LogP contribution in [0.3, 0.4) is 0 Å². The number of halogens is 1. The first-order chi connectivity index (χ1) is 8.58. The lowest BCUT2D eigenvalue weighted by Gasteiger charge is -2.09. The van der Waals surface area contributed by atoms with E-state index in [1.807, 2.05) is 0 Å². The van der Waals surface area contributed by atoms with E-state index < -0.39 is 5.91 Å². The molecule has 0 heterocycles. The van der Waals surface area contributed by atoms with Crippen molar-refractivity contribution >= 4 is 11.6 Å². The second-order valence-corrected chi connectivity index (χ2v) is 3.93. The summed E-state index contributed by atoms with van der Waals surface area (Å²) in [6.07, 6.45) is 0. The van der Waals surface area contributed by atoms with Crippen LogP contribution in [-0.4, -0.2) is 11.0 Å². The number of hydrogen-bond acceptors (Lipinski definition) is 2. The van der Waals surface area contributed by atoms with Gasteiger partial charge in [-0.15, -0.1) is 0 Å². The van der Waals surface area contributed by atoms with Crippen LogP contribution in [0.4, 0.5) is 10.1 Å². The third-order valence-electron chi connectivity index (χ3n) is 2.59. The number of carbonyl (C=O) groups excluding carboxylic acids is 1. The Kier molecular flexibility index (Phi) is 3.28. The monoisotopic (exact) mass is 245 g/mol. The zero-order valence-corrected chi connectivity index (χ0v) is 9.77. The third kappa shape index (κ3) is 2.48. The summed E-state index contributed by atoms with van der Waals surface area (Å²) < 4.78 is 12.9. The van der Waals surface area contributed by atoms with E-state index in [4.69, 9.17) is 0 Å². The van der Waals surface area contributed by atoms with Gasteiger partial charge in [-0.2, -0.15) is 0 Å². The second kappa shape index (κ2) is 4.87. The lowest BCUT2D eigenvalue weighted by atomic mass is 10.1. The lowest BCUT2D eigenvalue weighted by Crippen LogP contribution is -2.12. The van der Waals surface area contributed by atoms with Gasteiger partial charge in [-0.1, -0.05) is 12.1 Å². The maximum Gasteiger partial charge on any atom is 0.259 e. The van der Waals surface area contributed by atoms with Crippen molar-refractivity contribution in [2.75, 3.05) is 5.32 Å². The fourth-order valence-electron chi connectivity index (χ4n) is 1.62. The Balaban J connectivity index is 2.24. The van der Waals surface area contributed by atoms with Crippen LogP contribution in [0.5, 0.6) is 5.75 Å². The third-order valence-corrected chi connectivity index (χ3v) is 2.59. The molecule has 2 rings (SSSR count). The molecule has 18 heavy (non-hydrogen) atoms. The number of aryl methyl sites for hydroxylation is 1. The van der Waals surface area contributed by atoms with Crippen LogP contribution in [0.1, 0.15) is 15.9 Å². The summed E-state index contributed by atoms with van der Waals surface area (Å²) >= 11 is 0. The Morgan fingerprint density at radius 2 is 1.94 bits per heavy atom. The van der Waals surface area contributed by atoms with Crippen molar-refractivity contribution in [2.45, 2.75) is 6.92 Å². The molecular weight excluding hydrogens is 233 g/mol. The molecule has 0 aliphatic heterocycles. The van der Waals surface area contributed by atoms with E-state index in [0.29, 0.717) is 11.3 Å². The molecule has 3 nitrogen and oxygen atoms in total. The van der Waals surface area contributed by atoms with Crippen LogP contribution < -0.4 is 5.32 Å². The minimum Gasteiger partial charge on any atom is -0.507 e. The predicted octanol–water partition coefficient (Wildman–Crippen LogP) is 3.09. The number of phenols is 1. The summed E-state index contributed by atoms with van der Waals surface area (Å²) in [5.41, 5.74) is 1.32. The van der Waals surface area contributed by atoms with E-state index in [0.717, 1.165) is 0 Å². The Bertz CT molecular complexity index is 596. The quantitative estimate of drug-likeness (QED) is 0.854. The van der Waals surface area contributed by atoms with E-state index in [2.05, 4.69) is 5.32 Å². The van der Waals surface area contributed by atoms with Gasteiger partial charge in [0.05, 0.1) is 5.56 Å². The summed E-state index contributed by atoms with van der Waals surface area (Å²) in [5.74, 6) is -0.870. The Hall–Kier alpha value is -2.36. The van der Waals surface area contributed by atoms with Crippen LogP contribution in [0, 0.1) is 12.7 Å². The second-order valence-electron chi connectivity index (χ2n) is 3.93. The average Bonchev–Trinajstić information content (AvgIpc) is 2.33. The van der Waals surface area contributed by atoms with Gasteiger partial charge in [0, 0.05) is 5.69 Å². The summed E-state index contributed by atoms with van der Waals surface area (Å²) in [6.45, 7) is 1.70.